The second-order valence-electron chi connectivity index (χ2n) is 19.9. The van der Waals surface area contributed by atoms with Crippen molar-refractivity contribution in [3.8, 4) is 0 Å². The van der Waals surface area contributed by atoms with Crippen LogP contribution in [0.2, 0.25) is 0 Å². The Morgan fingerprint density at radius 2 is 1.50 bits per heavy atom. The summed E-state index contributed by atoms with van der Waals surface area (Å²) in [6, 6.07) is 0. The van der Waals surface area contributed by atoms with E-state index in [0.29, 0.717) is 31.6 Å². The third-order valence-electron chi connectivity index (χ3n) is 17.2. The monoisotopic (exact) mass is 766 g/mol. The zero-order chi connectivity index (χ0) is 39.6. The molecule has 0 aromatic heterocycles. The minimum absolute atomic E-state index is 0.0674. The number of ether oxygens (including phenoxy) is 4. The molecule has 2 heterocycles. The van der Waals surface area contributed by atoms with Gasteiger partial charge in [-0.3, -0.25) is 4.79 Å². The molecule has 5 aliphatic carbocycles. The predicted octanol–water partition coefficient (Wildman–Crippen LogP) is 1.93. The Hall–Kier alpha value is -1.23. The molecule has 308 valence electrons. The average molecular weight is 767 g/mol. The van der Waals surface area contributed by atoms with Crippen molar-refractivity contribution < 1.29 is 64.6 Å². The fourth-order valence-corrected chi connectivity index (χ4v) is 13.5. The Bertz CT molecular complexity index is 1470. The second-order valence-corrected chi connectivity index (χ2v) is 19.9. The average Bonchev–Trinajstić information content (AvgIpc) is 3.11. The largest absolute Gasteiger partial charge is 0.432 e. The van der Waals surface area contributed by atoms with Gasteiger partial charge in [0.1, 0.15) is 42.7 Å². The fraction of sp³-hybridized carbons (Fsp3) is 0.927. The Labute approximate surface area is 319 Å². The summed E-state index contributed by atoms with van der Waals surface area (Å²) in [4.78, 5) is 14.6. The summed E-state index contributed by atoms with van der Waals surface area (Å²) in [6.07, 6.45) is -4.04. The van der Waals surface area contributed by atoms with Crippen molar-refractivity contribution in [3.05, 3.63) is 11.6 Å². The van der Waals surface area contributed by atoms with Crippen LogP contribution in [0, 0.1) is 50.7 Å². The Balaban J connectivity index is 1.19. The van der Waals surface area contributed by atoms with Crippen LogP contribution in [0.25, 0.3) is 0 Å². The molecule has 4 saturated carbocycles. The smallest absolute Gasteiger partial charge is 0.315 e. The number of hydrogen-bond acceptors (Lipinski definition) is 13. The summed E-state index contributed by atoms with van der Waals surface area (Å²) in [6.45, 7) is 14.8. The van der Waals surface area contributed by atoms with Crippen LogP contribution < -0.4 is 0 Å². The van der Waals surface area contributed by atoms with Gasteiger partial charge in [-0.05, 0) is 104 Å². The number of esters is 1. The number of fused-ring (bicyclic) bond motifs is 7. The van der Waals surface area contributed by atoms with Gasteiger partial charge in [0.2, 0.25) is 6.29 Å². The minimum atomic E-state index is -1.72. The number of allylic oxidation sites excluding steroid dienone is 1. The SMILES string of the molecule is C[C@@H]1CC[C@]2(C(=O)O[C@@H]3O[C@H](CO)[C@@H](O)[C@H](O)[C@H]3O)CC[C@]3(C)C(=CC[C@H]4[C@@]5(C)CC[C@H](O[C@@H]6OC[C@H](O)[C@H](O)[C@H]6O)C(C)(C)[C@@H]5CC[C@]43C)[C@@H]2[C@]1(C)O. The van der Waals surface area contributed by atoms with Crippen LogP contribution in [-0.2, 0) is 23.7 Å². The normalized spacial score (nSPS) is 55.6. The standard InChI is InChI=1S/C41H66O13/c1-20-10-15-41(35(49)54-34-31(48)29(46)28(45)23(18-42)52-34)17-16-38(5)21(32(41)40(20,7)50)8-9-25-37(4)13-12-26(36(2,3)24(37)11-14-39(25,38)6)53-33-30(47)27(44)22(43)19-51-33/h8,20,22-34,42-48,50H,9-19H2,1-7H3/t20-,22+,23-,24+,25+,26+,27+,28-,29+,30-,31-,32-,33+,34+,37+,38-,39-,40-,41+/m1/s1. The number of hydrogen-bond donors (Lipinski definition) is 8. The van der Waals surface area contributed by atoms with Gasteiger partial charge in [-0.2, -0.15) is 0 Å². The molecule has 19 atom stereocenters. The molecular weight excluding hydrogens is 700 g/mol. The van der Waals surface area contributed by atoms with E-state index in [4.69, 9.17) is 18.9 Å². The van der Waals surface area contributed by atoms with Crippen molar-refractivity contribution in [3.63, 3.8) is 0 Å². The zero-order valence-corrected chi connectivity index (χ0v) is 33.1. The third-order valence-corrected chi connectivity index (χ3v) is 17.2. The lowest BCUT2D eigenvalue weighted by molar-refractivity contribution is -0.308. The zero-order valence-electron chi connectivity index (χ0n) is 33.1. The Morgan fingerprint density at radius 3 is 2.19 bits per heavy atom. The molecule has 0 aromatic carbocycles. The first kappa shape index (κ1) is 40.9. The Morgan fingerprint density at radius 1 is 0.815 bits per heavy atom. The summed E-state index contributed by atoms with van der Waals surface area (Å²) in [5, 5.41) is 84.8. The second kappa shape index (κ2) is 13.7. The molecule has 0 amide bonds. The van der Waals surface area contributed by atoms with Gasteiger partial charge in [-0.1, -0.05) is 53.2 Å². The number of rotatable bonds is 5. The highest BCUT2D eigenvalue weighted by molar-refractivity contribution is 5.79. The van der Waals surface area contributed by atoms with Gasteiger partial charge in [0.25, 0.3) is 0 Å². The maximum absolute atomic E-state index is 14.6. The van der Waals surface area contributed by atoms with E-state index in [-0.39, 0.29) is 46.2 Å². The molecule has 2 aliphatic heterocycles. The lowest BCUT2D eigenvalue weighted by Gasteiger charge is -2.72. The molecule has 6 fully saturated rings. The number of aliphatic hydroxyl groups is 8. The molecule has 2 saturated heterocycles. The molecule has 7 aliphatic rings. The van der Waals surface area contributed by atoms with E-state index in [1.165, 1.54) is 0 Å². The lowest BCUT2D eigenvalue weighted by atomic mass is 9.33. The van der Waals surface area contributed by atoms with E-state index in [1.807, 2.05) is 13.8 Å². The number of aliphatic hydroxyl groups excluding tert-OH is 7. The first-order chi connectivity index (χ1) is 25.1. The van der Waals surface area contributed by atoms with E-state index < -0.39 is 84.8 Å². The molecular formula is C41H66O13. The van der Waals surface area contributed by atoms with Crippen LogP contribution in [0.15, 0.2) is 11.6 Å². The van der Waals surface area contributed by atoms with E-state index in [9.17, 15) is 45.6 Å². The molecule has 0 bridgehead atoms. The summed E-state index contributed by atoms with van der Waals surface area (Å²) in [7, 11) is 0. The van der Waals surface area contributed by atoms with E-state index in [1.54, 1.807) is 0 Å². The summed E-state index contributed by atoms with van der Waals surface area (Å²) in [5.74, 6) is -0.699. The van der Waals surface area contributed by atoms with Gasteiger partial charge in [-0.15, -0.1) is 0 Å². The van der Waals surface area contributed by atoms with Gasteiger partial charge in [0.15, 0.2) is 6.29 Å². The van der Waals surface area contributed by atoms with Crippen molar-refractivity contribution in [2.45, 2.75) is 173 Å². The van der Waals surface area contributed by atoms with Gasteiger partial charge in [0, 0.05) is 5.92 Å². The minimum Gasteiger partial charge on any atom is -0.432 e. The highest BCUT2D eigenvalue weighted by Crippen LogP contribution is 2.76. The number of carbonyl (C=O) groups excluding carboxylic acids is 1. The lowest BCUT2D eigenvalue weighted by Crippen LogP contribution is -2.68. The maximum Gasteiger partial charge on any atom is 0.315 e. The van der Waals surface area contributed by atoms with Crippen molar-refractivity contribution >= 4 is 5.97 Å². The van der Waals surface area contributed by atoms with E-state index in [2.05, 4.69) is 40.7 Å². The van der Waals surface area contributed by atoms with Gasteiger partial charge < -0.3 is 59.8 Å². The molecule has 0 unspecified atom stereocenters. The fourth-order valence-electron chi connectivity index (χ4n) is 13.5. The molecule has 0 aromatic rings. The van der Waals surface area contributed by atoms with Gasteiger partial charge >= 0.3 is 5.97 Å². The van der Waals surface area contributed by atoms with Gasteiger partial charge in [0.05, 0.1) is 30.3 Å². The van der Waals surface area contributed by atoms with E-state index >= 15 is 0 Å². The Kier molecular flexibility index (Phi) is 10.4. The molecule has 0 radical (unpaired) electrons. The highest BCUT2D eigenvalue weighted by Gasteiger charge is 2.72. The predicted molar refractivity (Wildman–Crippen MR) is 193 cm³/mol. The topological polar surface area (TPSA) is 216 Å². The number of carbonyl (C=O) groups is 1. The van der Waals surface area contributed by atoms with Crippen molar-refractivity contribution in [2.75, 3.05) is 13.2 Å². The molecule has 8 N–H and O–H groups in total. The third kappa shape index (κ3) is 5.68. The van der Waals surface area contributed by atoms with Crippen LogP contribution in [0.4, 0.5) is 0 Å². The summed E-state index contributed by atoms with van der Waals surface area (Å²) in [5.41, 5.74) is -2.15. The van der Waals surface area contributed by atoms with Gasteiger partial charge in [-0.25, -0.2) is 0 Å². The first-order valence-corrected chi connectivity index (χ1v) is 20.4. The van der Waals surface area contributed by atoms with Crippen LogP contribution in [0.1, 0.15) is 106 Å². The first-order valence-electron chi connectivity index (χ1n) is 20.4. The van der Waals surface area contributed by atoms with Crippen molar-refractivity contribution in [1.82, 2.24) is 0 Å². The molecule has 7 rings (SSSR count). The summed E-state index contributed by atoms with van der Waals surface area (Å²) >= 11 is 0. The van der Waals surface area contributed by atoms with Crippen LogP contribution in [0.3, 0.4) is 0 Å². The molecule has 54 heavy (non-hydrogen) atoms. The molecule has 13 heteroatoms. The van der Waals surface area contributed by atoms with Crippen LogP contribution >= 0.6 is 0 Å². The molecule has 0 spiro atoms. The molecule has 13 nitrogen and oxygen atoms in total. The van der Waals surface area contributed by atoms with Crippen molar-refractivity contribution in [2.24, 2.45) is 50.7 Å². The maximum atomic E-state index is 14.6. The van der Waals surface area contributed by atoms with Crippen LogP contribution in [0.5, 0.6) is 0 Å². The van der Waals surface area contributed by atoms with E-state index in [0.717, 1.165) is 37.7 Å². The quantitative estimate of drug-likeness (QED) is 0.114. The highest BCUT2D eigenvalue weighted by atomic mass is 16.7. The van der Waals surface area contributed by atoms with Crippen molar-refractivity contribution in [1.29, 1.82) is 0 Å². The van der Waals surface area contributed by atoms with Crippen LogP contribution in [-0.4, -0.2) is 127 Å². The summed E-state index contributed by atoms with van der Waals surface area (Å²) < 4.78 is 23.7.